The van der Waals surface area contributed by atoms with E-state index in [9.17, 15) is 9.18 Å². The predicted octanol–water partition coefficient (Wildman–Crippen LogP) is 7.49. The lowest BCUT2D eigenvalue weighted by molar-refractivity contribution is 0.0599. The third-order valence-electron chi connectivity index (χ3n) is 7.68. The van der Waals surface area contributed by atoms with E-state index in [1.807, 2.05) is 67.6 Å². The molecule has 196 valence electrons. The minimum atomic E-state index is -0.310. The van der Waals surface area contributed by atoms with E-state index in [1.165, 1.54) is 7.11 Å². The molecule has 0 bridgehead atoms. The SMILES string of the molecule is COC(=O)c1cc([C@@H]2C[C@@H](CCCN[C@H](C)c3ccc(F)c4ccccc34)Oc3ccccc32)ccc1C. The van der Waals surface area contributed by atoms with E-state index in [0.717, 1.165) is 59.2 Å². The van der Waals surface area contributed by atoms with Gasteiger partial charge in [-0.15, -0.1) is 0 Å². The molecule has 5 heteroatoms. The van der Waals surface area contributed by atoms with Gasteiger partial charge in [0.05, 0.1) is 18.8 Å². The van der Waals surface area contributed by atoms with E-state index in [2.05, 4.69) is 24.4 Å². The first-order chi connectivity index (χ1) is 18.5. The van der Waals surface area contributed by atoms with Crippen molar-refractivity contribution < 1.29 is 18.7 Å². The van der Waals surface area contributed by atoms with Gasteiger partial charge in [0.15, 0.2) is 0 Å². The van der Waals surface area contributed by atoms with Crippen molar-refractivity contribution in [2.45, 2.75) is 51.2 Å². The lowest BCUT2D eigenvalue weighted by Gasteiger charge is -2.33. The number of methoxy groups -OCH3 is 1. The van der Waals surface area contributed by atoms with Gasteiger partial charge in [0, 0.05) is 22.9 Å². The topological polar surface area (TPSA) is 47.6 Å². The van der Waals surface area contributed by atoms with Crippen molar-refractivity contribution in [3.63, 3.8) is 0 Å². The number of hydrogen-bond donors (Lipinski definition) is 1. The first-order valence-electron chi connectivity index (χ1n) is 13.3. The molecule has 5 rings (SSSR count). The van der Waals surface area contributed by atoms with Crippen LogP contribution in [0.2, 0.25) is 0 Å². The number of rotatable bonds is 8. The number of fused-ring (bicyclic) bond motifs is 2. The monoisotopic (exact) mass is 511 g/mol. The number of halogens is 1. The van der Waals surface area contributed by atoms with Crippen LogP contribution < -0.4 is 10.1 Å². The maximum atomic E-state index is 14.2. The summed E-state index contributed by atoms with van der Waals surface area (Å²) in [7, 11) is 1.42. The van der Waals surface area contributed by atoms with Crippen LogP contribution >= 0.6 is 0 Å². The molecular weight excluding hydrogens is 477 g/mol. The molecule has 3 atom stereocenters. The van der Waals surface area contributed by atoms with Crippen LogP contribution in [0.25, 0.3) is 10.8 Å². The second-order valence-corrected chi connectivity index (χ2v) is 10.1. The number of esters is 1. The summed E-state index contributed by atoms with van der Waals surface area (Å²) in [6, 6.07) is 25.4. The normalized spacial score (nSPS) is 17.5. The number of ether oxygens (including phenoxy) is 2. The Morgan fingerprint density at radius 1 is 1.05 bits per heavy atom. The molecule has 38 heavy (non-hydrogen) atoms. The van der Waals surface area contributed by atoms with Crippen LogP contribution in [0.15, 0.2) is 78.9 Å². The molecule has 1 N–H and O–H groups in total. The summed E-state index contributed by atoms with van der Waals surface area (Å²) in [6.07, 6.45) is 2.77. The Balaban J connectivity index is 1.26. The Kier molecular flexibility index (Phi) is 7.75. The lowest BCUT2D eigenvalue weighted by atomic mass is 9.82. The molecule has 1 aliphatic rings. The average Bonchev–Trinajstić information content (AvgIpc) is 2.95. The zero-order valence-electron chi connectivity index (χ0n) is 22.2. The molecule has 0 spiro atoms. The molecule has 4 nitrogen and oxygen atoms in total. The van der Waals surface area contributed by atoms with Crippen LogP contribution in [0, 0.1) is 12.7 Å². The van der Waals surface area contributed by atoms with Gasteiger partial charge in [-0.1, -0.05) is 60.7 Å². The number of para-hydroxylation sites is 1. The minimum absolute atomic E-state index is 0.0709. The average molecular weight is 512 g/mol. The highest BCUT2D eigenvalue weighted by Crippen LogP contribution is 2.41. The maximum Gasteiger partial charge on any atom is 0.338 e. The van der Waals surface area contributed by atoms with Gasteiger partial charge in [-0.05, 0) is 79.9 Å². The minimum Gasteiger partial charge on any atom is -0.490 e. The highest BCUT2D eigenvalue weighted by molar-refractivity contribution is 5.91. The zero-order chi connectivity index (χ0) is 26.6. The van der Waals surface area contributed by atoms with Gasteiger partial charge in [0.1, 0.15) is 11.6 Å². The third-order valence-corrected chi connectivity index (χ3v) is 7.68. The third kappa shape index (κ3) is 5.30. The van der Waals surface area contributed by atoms with Crippen LogP contribution in [0.4, 0.5) is 4.39 Å². The van der Waals surface area contributed by atoms with Crippen molar-refractivity contribution in [3.05, 3.63) is 112 Å². The lowest BCUT2D eigenvalue weighted by Crippen LogP contribution is -2.28. The number of benzene rings is 4. The molecule has 1 heterocycles. The molecule has 4 aromatic carbocycles. The van der Waals surface area contributed by atoms with Crippen LogP contribution in [0.5, 0.6) is 5.75 Å². The van der Waals surface area contributed by atoms with Crippen molar-refractivity contribution in [2.75, 3.05) is 13.7 Å². The summed E-state index contributed by atoms with van der Waals surface area (Å²) < 4.78 is 25.7. The molecule has 4 aromatic rings. The fraction of sp³-hybridized carbons (Fsp3) is 0.303. The van der Waals surface area contributed by atoms with Crippen molar-refractivity contribution in [3.8, 4) is 5.75 Å². The molecule has 0 aromatic heterocycles. The van der Waals surface area contributed by atoms with Gasteiger partial charge < -0.3 is 14.8 Å². The Labute approximate surface area is 223 Å². The second kappa shape index (κ2) is 11.4. The van der Waals surface area contributed by atoms with Gasteiger partial charge in [0.25, 0.3) is 0 Å². The molecule has 0 unspecified atom stereocenters. The molecule has 0 aliphatic carbocycles. The number of aryl methyl sites for hydroxylation is 1. The van der Waals surface area contributed by atoms with E-state index in [-0.39, 0.29) is 29.9 Å². The van der Waals surface area contributed by atoms with Crippen LogP contribution in [0.1, 0.15) is 70.8 Å². The summed E-state index contributed by atoms with van der Waals surface area (Å²) in [4.78, 5) is 12.3. The van der Waals surface area contributed by atoms with Gasteiger partial charge >= 0.3 is 5.97 Å². The molecule has 0 saturated heterocycles. The summed E-state index contributed by atoms with van der Waals surface area (Å²) in [5.41, 5.74) is 4.87. The largest absolute Gasteiger partial charge is 0.490 e. The van der Waals surface area contributed by atoms with Crippen molar-refractivity contribution in [2.24, 2.45) is 0 Å². The fourth-order valence-electron chi connectivity index (χ4n) is 5.59. The van der Waals surface area contributed by atoms with Crippen molar-refractivity contribution in [1.29, 1.82) is 0 Å². The number of nitrogens with one attached hydrogen (secondary N) is 1. The summed E-state index contributed by atoms with van der Waals surface area (Å²) >= 11 is 0. The quantitative estimate of drug-likeness (QED) is 0.197. The van der Waals surface area contributed by atoms with E-state index < -0.39 is 0 Å². The molecule has 0 saturated carbocycles. The van der Waals surface area contributed by atoms with Gasteiger partial charge in [0.2, 0.25) is 0 Å². The van der Waals surface area contributed by atoms with Gasteiger partial charge in [-0.2, -0.15) is 0 Å². The fourth-order valence-corrected chi connectivity index (χ4v) is 5.59. The van der Waals surface area contributed by atoms with Gasteiger partial charge in [-0.25, -0.2) is 9.18 Å². The Morgan fingerprint density at radius 3 is 2.63 bits per heavy atom. The first kappa shape index (κ1) is 25.9. The summed E-state index contributed by atoms with van der Waals surface area (Å²) in [5.74, 6) is 0.558. The van der Waals surface area contributed by atoms with Crippen LogP contribution in [-0.4, -0.2) is 25.7 Å². The van der Waals surface area contributed by atoms with E-state index in [4.69, 9.17) is 9.47 Å². The highest BCUT2D eigenvalue weighted by atomic mass is 19.1. The maximum absolute atomic E-state index is 14.2. The zero-order valence-corrected chi connectivity index (χ0v) is 22.2. The number of carbonyl (C=O) groups is 1. The smallest absolute Gasteiger partial charge is 0.338 e. The molecule has 0 fully saturated rings. The Morgan fingerprint density at radius 2 is 1.82 bits per heavy atom. The van der Waals surface area contributed by atoms with Crippen LogP contribution in [-0.2, 0) is 4.74 Å². The summed E-state index contributed by atoms with van der Waals surface area (Å²) in [6.45, 7) is 4.88. The molecule has 1 aliphatic heterocycles. The Hall–Kier alpha value is -3.70. The van der Waals surface area contributed by atoms with E-state index >= 15 is 0 Å². The standard InChI is InChI=1S/C33H34FNO3/c1-21-14-15-23(19-29(21)33(36)37-3)30-20-24(38-32-13-7-6-12-28(30)32)9-8-18-35-22(2)25-16-17-31(34)27-11-5-4-10-26(25)27/h4-7,10-17,19,22,24,30,35H,8-9,18,20H2,1-3H3/t22-,24-,30+/m1/s1. The highest BCUT2D eigenvalue weighted by Gasteiger charge is 2.29. The van der Waals surface area contributed by atoms with Crippen molar-refractivity contribution in [1.82, 2.24) is 5.32 Å². The van der Waals surface area contributed by atoms with Gasteiger partial charge in [-0.3, -0.25) is 0 Å². The second-order valence-electron chi connectivity index (χ2n) is 10.1. The molecule has 0 radical (unpaired) electrons. The predicted molar refractivity (Wildman–Crippen MR) is 149 cm³/mol. The molecular formula is C33H34FNO3. The van der Waals surface area contributed by atoms with E-state index in [1.54, 1.807) is 6.07 Å². The number of hydrogen-bond acceptors (Lipinski definition) is 4. The molecule has 0 amide bonds. The summed E-state index contributed by atoms with van der Waals surface area (Å²) in [5, 5.41) is 5.22. The first-order valence-corrected chi connectivity index (χ1v) is 13.3. The Bertz CT molecular complexity index is 1450. The van der Waals surface area contributed by atoms with Crippen LogP contribution in [0.3, 0.4) is 0 Å². The number of carbonyl (C=O) groups excluding carboxylic acids is 1. The van der Waals surface area contributed by atoms with Crippen molar-refractivity contribution >= 4 is 16.7 Å². The van der Waals surface area contributed by atoms with E-state index in [0.29, 0.717) is 10.9 Å².